The second kappa shape index (κ2) is 4.72. The van der Waals surface area contributed by atoms with Crippen LogP contribution in [0.25, 0.3) is 16.5 Å². The number of aliphatic carboxylic acids is 1. The molecular weight excluding hydrogens is 222 g/mol. The second-order valence-electron chi connectivity index (χ2n) is 3.12. The van der Waals surface area contributed by atoms with Crippen molar-refractivity contribution in [2.24, 2.45) is 0 Å². The molecule has 0 amide bonds. The number of pyridine rings is 1. The van der Waals surface area contributed by atoms with E-state index in [2.05, 4.69) is 4.98 Å². The van der Waals surface area contributed by atoms with Gasteiger partial charge in [0.05, 0.1) is 0 Å². The number of carbonyl (C=O) groups is 1. The van der Waals surface area contributed by atoms with Gasteiger partial charge in [-0.05, 0) is 24.3 Å². The summed E-state index contributed by atoms with van der Waals surface area (Å²) >= 11 is 1.54. The molecule has 2 aromatic rings. The van der Waals surface area contributed by atoms with Gasteiger partial charge < -0.3 is 5.11 Å². The van der Waals surface area contributed by atoms with Crippen LogP contribution in [0.15, 0.2) is 42.7 Å². The van der Waals surface area contributed by atoms with Gasteiger partial charge in [0.1, 0.15) is 0 Å². The Morgan fingerprint density at radius 2 is 2.25 bits per heavy atom. The molecule has 0 aliphatic heterocycles. The summed E-state index contributed by atoms with van der Waals surface area (Å²) in [4.78, 5) is 16.4. The molecule has 80 valence electrons. The minimum atomic E-state index is -0.934. The highest BCUT2D eigenvalue weighted by Crippen LogP contribution is 2.27. The molecule has 0 aromatic carbocycles. The number of nitrogens with zero attached hydrogens (tertiary/aromatic N) is 1. The van der Waals surface area contributed by atoms with E-state index in [0.717, 1.165) is 21.4 Å². The summed E-state index contributed by atoms with van der Waals surface area (Å²) in [5, 5.41) is 8.51. The fourth-order valence-electron chi connectivity index (χ4n) is 1.26. The third kappa shape index (κ3) is 2.55. The third-order valence-corrected chi connectivity index (χ3v) is 3.06. The first-order valence-electron chi connectivity index (χ1n) is 4.67. The lowest BCUT2D eigenvalue weighted by Gasteiger charge is -1.93. The van der Waals surface area contributed by atoms with Crippen molar-refractivity contribution < 1.29 is 9.90 Å². The Kier molecular flexibility index (Phi) is 3.12. The smallest absolute Gasteiger partial charge is 0.328 e. The number of carboxylic acid groups (broad SMARTS) is 1. The van der Waals surface area contributed by atoms with Gasteiger partial charge in [-0.3, -0.25) is 4.98 Å². The zero-order valence-corrected chi connectivity index (χ0v) is 9.15. The largest absolute Gasteiger partial charge is 0.478 e. The first-order valence-corrected chi connectivity index (χ1v) is 5.48. The summed E-state index contributed by atoms with van der Waals surface area (Å²) in [7, 11) is 0. The third-order valence-electron chi connectivity index (χ3n) is 1.96. The summed E-state index contributed by atoms with van der Waals surface area (Å²) in [5.41, 5.74) is 1.04. The highest BCUT2D eigenvalue weighted by molar-refractivity contribution is 7.16. The van der Waals surface area contributed by atoms with E-state index in [1.165, 1.54) is 11.3 Å². The maximum absolute atomic E-state index is 10.4. The Morgan fingerprint density at radius 3 is 2.94 bits per heavy atom. The van der Waals surface area contributed by atoms with E-state index in [-0.39, 0.29) is 0 Å². The number of hydrogen-bond acceptors (Lipinski definition) is 3. The molecule has 0 atom stereocenters. The standard InChI is InChI=1S/C12H9NO2S/c14-12(15)6-4-10-3-5-11(16-10)9-2-1-7-13-8-9/h1-8H,(H,14,15)/b6-4+. The zero-order chi connectivity index (χ0) is 11.4. The molecule has 16 heavy (non-hydrogen) atoms. The van der Waals surface area contributed by atoms with Crippen molar-refractivity contribution in [3.63, 3.8) is 0 Å². The van der Waals surface area contributed by atoms with Crippen LogP contribution in [0.1, 0.15) is 4.88 Å². The van der Waals surface area contributed by atoms with E-state index < -0.39 is 5.97 Å². The molecule has 0 aliphatic rings. The predicted octanol–water partition coefficient (Wildman–Crippen LogP) is 2.91. The zero-order valence-electron chi connectivity index (χ0n) is 8.33. The molecule has 0 aliphatic carbocycles. The molecule has 0 unspecified atom stereocenters. The van der Waals surface area contributed by atoms with Crippen LogP contribution in [0.5, 0.6) is 0 Å². The quantitative estimate of drug-likeness (QED) is 0.826. The normalized spacial score (nSPS) is 10.8. The van der Waals surface area contributed by atoms with Crippen molar-refractivity contribution >= 4 is 23.4 Å². The Morgan fingerprint density at radius 1 is 1.38 bits per heavy atom. The van der Waals surface area contributed by atoms with Crippen molar-refractivity contribution in [1.29, 1.82) is 0 Å². The van der Waals surface area contributed by atoms with Gasteiger partial charge in [0, 0.05) is 33.8 Å². The van der Waals surface area contributed by atoms with Crippen molar-refractivity contribution in [1.82, 2.24) is 4.98 Å². The maximum atomic E-state index is 10.4. The summed E-state index contributed by atoms with van der Waals surface area (Å²) in [6, 6.07) is 7.71. The number of thiophene rings is 1. The monoisotopic (exact) mass is 231 g/mol. The minimum absolute atomic E-state index is 0.918. The van der Waals surface area contributed by atoms with E-state index in [9.17, 15) is 4.79 Å². The van der Waals surface area contributed by atoms with Crippen LogP contribution >= 0.6 is 11.3 Å². The number of aromatic nitrogens is 1. The lowest BCUT2D eigenvalue weighted by atomic mass is 10.2. The lowest BCUT2D eigenvalue weighted by molar-refractivity contribution is -0.131. The van der Waals surface area contributed by atoms with Crippen LogP contribution < -0.4 is 0 Å². The van der Waals surface area contributed by atoms with Gasteiger partial charge in [0.15, 0.2) is 0 Å². The van der Waals surface area contributed by atoms with Gasteiger partial charge >= 0.3 is 5.97 Å². The molecule has 4 heteroatoms. The van der Waals surface area contributed by atoms with E-state index in [0.29, 0.717) is 0 Å². The fourth-order valence-corrected chi connectivity index (χ4v) is 2.16. The van der Waals surface area contributed by atoms with Gasteiger partial charge in [-0.25, -0.2) is 4.79 Å². The Bertz CT molecular complexity index is 517. The van der Waals surface area contributed by atoms with Crippen LogP contribution in [0.4, 0.5) is 0 Å². The first kappa shape index (κ1) is 10.6. The van der Waals surface area contributed by atoms with Gasteiger partial charge in [-0.2, -0.15) is 0 Å². The highest BCUT2D eigenvalue weighted by Gasteiger charge is 2.00. The van der Waals surface area contributed by atoms with Crippen molar-refractivity contribution in [2.75, 3.05) is 0 Å². The minimum Gasteiger partial charge on any atom is -0.478 e. The molecule has 0 bridgehead atoms. The van der Waals surface area contributed by atoms with Crippen LogP contribution in [0.3, 0.4) is 0 Å². The van der Waals surface area contributed by atoms with Crippen LogP contribution in [0.2, 0.25) is 0 Å². The lowest BCUT2D eigenvalue weighted by Crippen LogP contribution is -1.84. The SMILES string of the molecule is O=C(O)/C=C/c1ccc(-c2cccnc2)s1. The van der Waals surface area contributed by atoms with Crippen molar-refractivity contribution in [2.45, 2.75) is 0 Å². The summed E-state index contributed by atoms with van der Waals surface area (Å²) in [6.45, 7) is 0. The van der Waals surface area contributed by atoms with E-state index in [1.807, 2.05) is 24.3 Å². The first-order chi connectivity index (χ1) is 7.75. The molecule has 0 fully saturated rings. The average molecular weight is 231 g/mol. The Balaban J connectivity index is 2.23. The molecule has 3 nitrogen and oxygen atoms in total. The molecule has 2 heterocycles. The molecule has 1 N–H and O–H groups in total. The van der Waals surface area contributed by atoms with Crippen molar-refractivity contribution in [3.05, 3.63) is 47.6 Å². The second-order valence-corrected chi connectivity index (χ2v) is 4.23. The molecule has 0 radical (unpaired) electrons. The molecule has 2 aromatic heterocycles. The van der Waals surface area contributed by atoms with Crippen molar-refractivity contribution in [3.8, 4) is 10.4 Å². The molecule has 0 saturated carbocycles. The maximum Gasteiger partial charge on any atom is 0.328 e. The summed E-state index contributed by atoms with van der Waals surface area (Å²) < 4.78 is 0. The topological polar surface area (TPSA) is 50.2 Å². The molecule has 0 spiro atoms. The van der Waals surface area contributed by atoms with Gasteiger partial charge in [0.25, 0.3) is 0 Å². The summed E-state index contributed by atoms with van der Waals surface area (Å²) in [5.74, 6) is -0.934. The Labute approximate surface area is 96.7 Å². The number of rotatable bonds is 3. The van der Waals surface area contributed by atoms with E-state index in [4.69, 9.17) is 5.11 Å². The van der Waals surface area contributed by atoms with Gasteiger partial charge in [-0.1, -0.05) is 6.07 Å². The number of carboxylic acids is 1. The van der Waals surface area contributed by atoms with E-state index in [1.54, 1.807) is 18.5 Å². The fraction of sp³-hybridized carbons (Fsp3) is 0. The molecular formula is C12H9NO2S. The van der Waals surface area contributed by atoms with Crippen LogP contribution in [-0.4, -0.2) is 16.1 Å². The molecule has 2 rings (SSSR count). The van der Waals surface area contributed by atoms with Crippen LogP contribution in [0, 0.1) is 0 Å². The summed E-state index contributed by atoms with van der Waals surface area (Å²) in [6.07, 6.45) is 6.24. The van der Waals surface area contributed by atoms with Gasteiger partial charge in [-0.15, -0.1) is 11.3 Å². The predicted molar refractivity (Wildman–Crippen MR) is 64.2 cm³/mol. The van der Waals surface area contributed by atoms with Gasteiger partial charge in [0.2, 0.25) is 0 Å². The Hall–Kier alpha value is -1.94. The van der Waals surface area contributed by atoms with Crippen LogP contribution in [-0.2, 0) is 4.79 Å². The van der Waals surface area contributed by atoms with E-state index >= 15 is 0 Å². The number of hydrogen-bond donors (Lipinski definition) is 1. The molecule has 0 saturated heterocycles. The average Bonchev–Trinajstić information content (AvgIpc) is 2.76. The highest BCUT2D eigenvalue weighted by atomic mass is 32.1.